The molecule has 1 N–H and O–H groups in total. The van der Waals surface area contributed by atoms with E-state index in [0.29, 0.717) is 23.8 Å². The molecule has 3 rings (SSSR count). The average molecular weight is 402 g/mol. The minimum absolute atomic E-state index is 0.203. The molecule has 0 spiro atoms. The largest absolute Gasteiger partial charge is 0.496 e. The predicted octanol–water partition coefficient (Wildman–Crippen LogP) is 4.31. The van der Waals surface area contributed by atoms with Gasteiger partial charge < -0.3 is 19.5 Å². The van der Waals surface area contributed by atoms with Gasteiger partial charge in [-0.1, -0.05) is 12.1 Å². The fourth-order valence-electron chi connectivity index (χ4n) is 2.86. The molecule has 1 aromatic heterocycles. The first kappa shape index (κ1) is 20.1. The molecule has 0 radical (unpaired) electrons. The van der Waals surface area contributed by atoms with Crippen molar-refractivity contribution in [3.05, 3.63) is 59.0 Å². The van der Waals surface area contributed by atoms with Crippen LogP contribution in [0.25, 0.3) is 10.4 Å². The molecule has 0 bridgehead atoms. The number of thiazole rings is 1. The van der Waals surface area contributed by atoms with Crippen LogP contribution in [0.2, 0.25) is 0 Å². The van der Waals surface area contributed by atoms with E-state index in [2.05, 4.69) is 10.3 Å². The maximum Gasteiger partial charge on any atom is 0.164 e. The monoisotopic (exact) mass is 402 g/mol. The highest BCUT2D eigenvalue weighted by molar-refractivity contribution is 7.15. The van der Waals surface area contributed by atoms with Crippen LogP contribution < -0.4 is 19.5 Å². The summed E-state index contributed by atoms with van der Waals surface area (Å²) < 4.78 is 29.5. The number of hydrogen-bond acceptors (Lipinski definition) is 6. The molecule has 0 saturated heterocycles. The summed E-state index contributed by atoms with van der Waals surface area (Å²) in [4.78, 5) is 5.48. The zero-order valence-electron chi connectivity index (χ0n) is 16.1. The Hall–Kier alpha value is -2.64. The Labute approximate surface area is 168 Å². The van der Waals surface area contributed by atoms with E-state index in [1.165, 1.54) is 6.07 Å². The molecule has 0 aliphatic rings. The van der Waals surface area contributed by atoms with Gasteiger partial charge in [-0.25, -0.2) is 9.37 Å². The summed E-state index contributed by atoms with van der Waals surface area (Å²) in [5, 5.41) is 4.32. The van der Waals surface area contributed by atoms with Crippen LogP contribution in [0.4, 0.5) is 4.39 Å². The summed E-state index contributed by atoms with van der Waals surface area (Å²) in [5.41, 5.74) is 1.88. The van der Waals surface area contributed by atoms with Crippen LogP contribution in [0.15, 0.2) is 42.6 Å². The van der Waals surface area contributed by atoms with Crippen LogP contribution in [0.5, 0.6) is 17.2 Å². The third-order valence-corrected chi connectivity index (χ3v) is 5.31. The molecule has 0 fully saturated rings. The molecule has 28 heavy (non-hydrogen) atoms. The maximum atomic E-state index is 13.2. The number of nitrogens with zero attached hydrogens (tertiary/aromatic N) is 1. The highest BCUT2D eigenvalue weighted by Crippen LogP contribution is 2.41. The summed E-state index contributed by atoms with van der Waals surface area (Å²) in [7, 11) is 4.83. The normalized spacial score (nSPS) is 10.7. The van der Waals surface area contributed by atoms with Crippen molar-refractivity contribution in [2.45, 2.75) is 13.0 Å². The van der Waals surface area contributed by atoms with Crippen molar-refractivity contribution in [3.63, 3.8) is 0 Å². The number of ether oxygens (including phenoxy) is 3. The van der Waals surface area contributed by atoms with Gasteiger partial charge in [0.25, 0.3) is 0 Å². The van der Waals surface area contributed by atoms with Crippen molar-refractivity contribution in [3.8, 4) is 27.7 Å². The van der Waals surface area contributed by atoms with E-state index in [-0.39, 0.29) is 5.82 Å². The molecule has 0 aliphatic carbocycles. The molecular formula is C21H23FN2O3S. The number of halogens is 1. The van der Waals surface area contributed by atoms with E-state index in [4.69, 9.17) is 14.2 Å². The zero-order valence-corrected chi connectivity index (χ0v) is 16.9. The van der Waals surface area contributed by atoms with Crippen LogP contribution in [0, 0.1) is 5.82 Å². The van der Waals surface area contributed by atoms with Gasteiger partial charge in [-0.15, -0.1) is 11.3 Å². The SMILES string of the molecule is COc1cc(OC)c(-c2cnc(CNCCc3cccc(F)c3)s2)cc1OC. The van der Waals surface area contributed by atoms with Crippen LogP contribution >= 0.6 is 11.3 Å². The first-order valence-corrected chi connectivity index (χ1v) is 9.66. The molecule has 7 heteroatoms. The first-order valence-electron chi connectivity index (χ1n) is 8.85. The smallest absolute Gasteiger partial charge is 0.164 e. The third-order valence-electron chi connectivity index (χ3n) is 4.28. The Kier molecular flexibility index (Phi) is 6.84. The van der Waals surface area contributed by atoms with E-state index in [1.807, 2.05) is 24.4 Å². The molecule has 5 nitrogen and oxygen atoms in total. The molecule has 0 unspecified atom stereocenters. The van der Waals surface area contributed by atoms with Crippen LogP contribution in [-0.2, 0) is 13.0 Å². The standard InChI is InChI=1S/C21H23FN2O3S/c1-25-17-11-19(27-3)18(26-2)10-16(17)20-12-24-21(28-20)13-23-8-7-14-5-4-6-15(22)9-14/h4-6,9-12,23H,7-8,13H2,1-3H3. The van der Waals surface area contributed by atoms with E-state index < -0.39 is 0 Å². The van der Waals surface area contributed by atoms with Gasteiger partial charge in [0.15, 0.2) is 11.5 Å². The lowest BCUT2D eigenvalue weighted by atomic mass is 10.1. The summed E-state index contributed by atoms with van der Waals surface area (Å²) in [6.45, 7) is 1.40. The number of benzene rings is 2. The van der Waals surface area contributed by atoms with Gasteiger partial charge in [-0.05, 0) is 36.7 Å². The molecule has 2 aromatic carbocycles. The fourth-order valence-corrected chi connectivity index (χ4v) is 3.77. The number of aromatic nitrogens is 1. The average Bonchev–Trinajstić information content (AvgIpc) is 3.19. The number of methoxy groups -OCH3 is 3. The summed E-state index contributed by atoms with van der Waals surface area (Å²) >= 11 is 1.59. The Morgan fingerprint density at radius 3 is 2.46 bits per heavy atom. The Balaban J connectivity index is 1.65. The van der Waals surface area contributed by atoms with Gasteiger partial charge in [-0.2, -0.15) is 0 Å². The second kappa shape index (κ2) is 9.52. The lowest BCUT2D eigenvalue weighted by molar-refractivity contribution is 0.349. The van der Waals surface area contributed by atoms with Gasteiger partial charge in [0.2, 0.25) is 0 Å². The van der Waals surface area contributed by atoms with Crippen molar-refractivity contribution in [2.75, 3.05) is 27.9 Å². The molecule has 0 amide bonds. The molecular weight excluding hydrogens is 379 g/mol. The van der Waals surface area contributed by atoms with Crippen molar-refractivity contribution < 1.29 is 18.6 Å². The lowest BCUT2D eigenvalue weighted by Crippen LogP contribution is -2.16. The van der Waals surface area contributed by atoms with E-state index >= 15 is 0 Å². The Morgan fingerprint density at radius 1 is 1.00 bits per heavy atom. The minimum Gasteiger partial charge on any atom is -0.496 e. The van der Waals surface area contributed by atoms with Crippen molar-refractivity contribution in [1.29, 1.82) is 0 Å². The highest BCUT2D eigenvalue weighted by atomic mass is 32.1. The van der Waals surface area contributed by atoms with Crippen molar-refractivity contribution in [2.24, 2.45) is 0 Å². The first-order chi connectivity index (χ1) is 13.6. The quantitative estimate of drug-likeness (QED) is 0.541. The fraction of sp³-hybridized carbons (Fsp3) is 0.286. The topological polar surface area (TPSA) is 52.6 Å². The Bertz CT molecular complexity index is 930. The number of nitrogens with one attached hydrogen (secondary N) is 1. The van der Waals surface area contributed by atoms with Gasteiger partial charge >= 0.3 is 0 Å². The summed E-state index contributed by atoms with van der Waals surface area (Å²) in [5.74, 6) is 1.76. The molecule has 1 heterocycles. The van der Waals surface area contributed by atoms with Crippen LogP contribution in [0.1, 0.15) is 10.6 Å². The molecule has 148 valence electrons. The van der Waals surface area contributed by atoms with Gasteiger partial charge in [-0.3, -0.25) is 0 Å². The molecule has 0 saturated carbocycles. The number of hydrogen-bond donors (Lipinski definition) is 1. The highest BCUT2D eigenvalue weighted by Gasteiger charge is 2.15. The second-order valence-corrected chi connectivity index (χ2v) is 7.20. The van der Waals surface area contributed by atoms with Crippen LogP contribution in [0.3, 0.4) is 0 Å². The third kappa shape index (κ3) is 4.79. The second-order valence-electron chi connectivity index (χ2n) is 6.08. The van der Waals surface area contributed by atoms with Gasteiger partial charge in [0, 0.05) is 24.4 Å². The van der Waals surface area contributed by atoms with E-state index in [1.54, 1.807) is 44.8 Å². The van der Waals surface area contributed by atoms with E-state index in [0.717, 1.165) is 34.0 Å². The van der Waals surface area contributed by atoms with E-state index in [9.17, 15) is 4.39 Å². The maximum absolute atomic E-state index is 13.2. The zero-order chi connectivity index (χ0) is 19.9. The minimum atomic E-state index is -0.203. The molecule has 0 aliphatic heterocycles. The van der Waals surface area contributed by atoms with Crippen LogP contribution in [-0.4, -0.2) is 32.9 Å². The number of rotatable bonds is 9. The van der Waals surface area contributed by atoms with Crippen molar-refractivity contribution in [1.82, 2.24) is 10.3 Å². The predicted molar refractivity (Wildman–Crippen MR) is 109 cm³/mol. The molecule has 0 atom stereocenters. The summed E-state index contributed by atoms with van der Waals surface area (Å²) in [6, 6.07) is 10.4. The van der Waals surface area contributed by atoms with Crippen molar-refractivity contribution >= 4 is 11.3 Å². The lowest BCUT2D eigenvalue weighted by Gasteiger charge is -2.12. The summed E-state index contributed by atoms with van der Waals surface area (Å²) in [6.07, 6.45) is 2.59. The van der Waals surface area contributed by atoms with Gasteiger partial charge in [0.05, 0.1) is 26.2 Å². The molecule has 3 aromatic rings. The Morgan fingerprint density at radius 2 is 1.75 bits per heavy atom. The van der Waals surface area contributed by atoms with Gasteiger partial charge in [0.1, 0.15) is 16.6 Å².